The van der Waals surface area contributed by atoms with Crippen molar-refractivity contribution < 1.29 is 14.3 Å². The summed E-state index contributed by atoms with van der Waals surface area (Å²) >= 11 is 5.28. The molecule has 0 aliphatic heterocycles. The number of rotatable bonds is 9. The Morgan fingerprint density at radius 1 is 0.824 bits per heavy atom. The first-order valence-corrected chi connectivity index (χ1v) is 11.7. The van der Waals surface area contributed by atoms with E-state index in [1.807, 2.05) is 31.2 Å². The van der Waals surface area contributed by atoms with Gasteiger partial charge in [-0.1, -0.05) is 38.0 Å². The summed E-state index contributed by atoms with van der Waals surface area (Å²) in [6, 6.07) is 21.4. The number of aryl methyl sites for hydroxylation is 1. The summed E-state index contributed by atoms with van der Waals surface area (Å²) in [4.78, 5) is 25.1. The Kier molecular flexibility index (Phi) is 9.17. The number of hydrogen-bond acceptors (Lipinski definition) is 4. The molecule has 0 aliphatic rings. The van der Waals surface area contributed by atoms with Crippen molar-refractivity contribution >= 4 is 40.5 Å². The smallest absolute Gasteiger partial charge is 0.257 e. The molecule has 3 rings (SSSR count). The van der Waals surface area contributed by atoms with Gasteiger partial charge in [-0.25, -0.2) is 0 Å². The minimum absolute atomic E-state index is 0.140. The molecule has 3 aromatic carbocycles. The normalized spacial score (nSPS) is 10.3. The number of carbonyl (C=O) groups excluding carboxylic acids is 2. The Balaban J connectivity index is 1.53. The van der Waals surface area contributed by atoms with Gasteiger partial charge in [0.25, 0.3) is 11.8 Å². The van der Waals surface area contributed by atoms with Crippen LogP contribution in [0.15, 0.2) is 72.8 Å². The average Bonchev–Trinajstić information content (AvgIpc) is 2.82. The van der Waals surface area contributed by atoms with Crippen LogP contribution in [0.5, 0.6) is 5.75 Å². The number of thiocarbonyl (C=S) groups is 1. The molecule has 0 saturated heterocycles. The first kappa shape index (κ1) is 24.9. The van der Waals surface area contributed by atoms with E-state index in [-0.39, 0.29) is 16.9 Å². The number of nitrogens with one attached hydrogen (secondary N) is 3. The predicted molar refractivity (Wildman–Crippen MR) is 141 cm³/mol. The third-order valence-corrected chi connectivity index (χ3v) is 5.22. The fourth-order valence-electron chi connectivity index (χ4n) is 3.25. The monoisotopic (exact) mass is 475 g/mol. The van der Waals surface area contributed by atoms with Crippen LogP contribution in [0, 0.1) is 6.92 Å². The largest absolute Gasteiger partial charge is 0.494 e. The molecule has 176 valence electrons. The first-order valence-electron chi connectivity index (χ1n) is 11.3. The maximum Gasteiger partial charge on any atom is 0.257 e. The van der Waals surface area contributed by atoms with E-state index in [1.54, 1.807) is 48.5 Å². The van der Waals surface area contributed by atoms with Crippen molar-refractivity contribution in [2.75, 3.05) is 17.2 Å². The summed E-state index contributed by atoms with van der Waals surface area (Å²) < 4.78 is 5.67. The molecule has 2 amide bonds. The number of ether oxygens (including phenoxy) is 1. The van der Waals surface area contributed by atoms with Gasteiger partial charge >= 0.3 is 0 Å². The highest BCUT2D eigenvalue weighted by Crippen LogP contribution is 2.16. The fraction of sp³-hybridized carbons (Fsp3) is 0.222. The van der Waals surface area contributed by atoms with Crippen molar-refractivity contribution in [2.24, 2.45) is 0 Å². The third-order valence-electron chi connectivity index (χ3n) is 5.02. The molecule has 6 nitrogen and oxygen atoms in total. The Hall–Kier alpha value is -3.71. The minimum Gasteiger partial charge on any atom is -0.494 e. The maximum atomic E-state index is 12.6. The minimum atomic E-state index is -0.330. The van der Waals surface area contributed by atoms with E-state index in [9.17, 15) is 9.59 Å². The molecule has 0 unspecified atom stereocenters. The summed E-state index contributed by atoms with van der Waals surface area (Å²) in [5.74, 6) is 0.165. The van der Waals surface area contributed by atoms with Crippen molar-refractivity contribution in [3.8, 4) is 5.75 Å². The number of anilines is 2. The van der Waals surface area contributed by atoms with Gasteiger partial charge in [0.15, 0.2) is 5.11 Å². The van der Waals surface area contributed by atoms with Crippen molar-refractivity contribution in [3.05, 3.63) is 89.5 Å². The van der Waals surface area contributed by atoms with Crippen molar-refractivity contribution in [2.45, 2.75) is 33.1 Å². The molecule has 0 fully saturated rings. The van der Waals surface area contributed by atoms with Crippen LogP contribution in [-0.2, 0) is 0 Å². The summed E-state index contributed by atoms with van der Waals surface area (Å²) in [7, 11) is 0. The van der Waals surface area contributed by atoms with E-state index in [0.29, 0.717) is 23.4 Å². The van der Waals surface area contributed by atoms with Gasteiger partial charge in [-0.3, -0.25) is 14.9 Å². The highest BCUT2D eigenvalue weighted by molar-refractivity contribution is 7.80. The Bertz CT molecular complexity index is 1150. The van der Waals surface area contributed by atoms with Crippen molar-refractivity contribution in [1.82, 2.24) is 5.32 Å². The second-order valence-electron chi connectivity index (χ2n) is 7.89. The molecule has 0 bridgehead atoms. The van der Waals surface area contributed by atoms with E-state index in [4.69, 9.17) is 17.0 Å². The molecule has 0 atom stereocenters. The third kappa shape index (κ3) is 7.71. The molecule has 0 spiro atoms. The summed E-state index contributed by atoms with van der Waals surface area (Å²) in [5.41, 5.74) is 3.32. The topological polar surface area (TPSA) is 79.5 Å². The SMILES string of the molecule is CCCCCOc1ccc(C(=O)NC(=S)Nc2cccc(C(=O)Nc3cccc(C)c3)c2)cc1. The molecule has 3 N–H and O–H groups in total. The van der Waals surface area contributed by atoms with Gasteiger partial charge in [0.05, 0.1) is 6.61 Å². The second kappa shape index (κ2) is 12.5. The number of benzene rings is 3. The molecule has 0 radical (unpaired) electrons. The Morgan fingerprint density at radius 2 is 1.53 bits per heavy atom. The van der Waals surface area contributed by atoms with Gasteiger partial charge in [0.1, 0.15) is 5.75 Å². The van der Waals surface area contributed by atoms with Crippen LogP contribution < -0.4 is 20.7 Å². The summed E-state index contributed by atoms with van der Waals surface area (Å²) in [6.07, 6.45) is 3.28. The molecule has 0 heterocycles. The fourth-order valence-corrected chi connectivity index (χ4v) is 3.46. The molecule has 3 aromatic rings. The molecular weight excluding hydrogens is 446 g/mol. The van der Waals surface area contributed by atoms with E-state index in [2.05, 4.69) is 22.9 Å². The van der Waals surface area contributed by atoms with Gasteiger partial charge < -0.3 is 15.4 Å². The standard InChI is InChI=1S/C27H29N3O3S/c1-3-4-5-16-33-24-14-12-20(13-15-24)25(31)30-27(34)29-23-11-7-9-21(18-23)26(32)28-22-10-6-8-19(2)17-22/h6-15,17-18H,3-5,16H2,1-2H3,(H,28,32)(H2,29,30,31,34). The zero-order chi connectivity index (χ0) is 24.3. The maximum absolute atomic E-state index is 12.6. The summed E-state index contributed by atoms with van der Waals surface area (Å²) in [6.45, 7) is 4.77. The average molecular weight is 476 g/mol. The number of unbranched alkanes of at least 4 members (excludes halogenated alkanes) is 2. The zero-order valence-corrected chi connectivity index (χ0v) is 20.2. The van der Waals surface area contributed by atoms with Gasteiger partial charge in [0.2, 0.25) is 0 Å². The van der Waals surface area contributed by atoms with Crippen LogP contribution in [0.3, 0.4) is 0 Å². The van der Waals surface area contributed by atoms with Gasteiger partial charge in [-0.05, 0) is 85.7 Å². The van der Waals surface area contributed by atoms with Crippen LogP contribution in [0.2, 0.25) is 0 Å². The molecule has 0 aromatic heterocycles. The first-order chi connectivity index (χ1) is 16.4. The highest BCUT2D eigenvalue weighted by Gasteiger charge is 2.11. The van der Waals surface area contributed by atoms with E-state index >= 15 is 0 Å². The van der Waals surface area contributed by atoms with Gasteiger partial charge in [-0.15, -0.1) is 0 Å². The quantitative estimate of drug-likeness (QED) is 0.264. The predicted octanol–water partition coefficient (Wildman–Crippen LogP) is 5.94. The van der Waals surface area contributed by atoms with E-state index in [0.717, 1.165) is 36.3 Å². The molecule has 34 heavy (non-hydrogen) atoms. The van der Waals surface area contributed by atoms with Crippen LogP contribution >= 0.6 is 12.2 Å². The molecule has 0 saturated carbocycles. The van der Waals surface area contributed by atoms with E-state index < -0.39 is 0 Å². The van der Waals surface area contributed by atoms with E-state index in [1.165, 1.54) is 0 Å². The van der Waals surface area contributed by atoms with Gasteiger partial charge in [0, 0.05) is 22.5 Å². The molecule has 7 heteroatoms. The van der Waals surface area contributed by atoms with Crippen LogP contribution in [0.25, 0.3) is 0 Å². The lowest BCUT2D eigenvalue weighted by Gasteiger charge is -2.12. The van der Waals surface area contributed by atoms with Crippen molar-refractivity contribution in [3.63, 3.8) is 0 Å². The van der Waals surface area contributed by atoms with Crippen LogP contribution in [-0.4, -0.2) is 23.5 Å². The number of hydrogen-bond donors (Lipinski definition) is 3. The number of carbonyl (C=O) groups is 2. The van der Waals surface area contributed by atoms with Crippen LogP contribution in [0.4, 0.5) is 11.4 Å². The lowest BCUT2D eigenvalue weighted by Crippen LogP contribution is -2.34. The zero-order valence-electron chi connectivity index (χ0n) is 19.4. The van der Waals surface area contributed by atoms with Gasteiger partial charge in [-0.2, -0.15) is 0 Å². The Morgan fingerprint density at radius 3 is 2.24 bits per heavy atom. The lowest BCUT2D eigenvalue weighted by atomic mass is 10.1. The Labute approximate surface area is 205 Å². The highest BCUT2D eigenvalue weighted by atomic mass is 32.1. The molecular formula is C27H29N3O3S. The lowest BCUT2D eigenvalue weighted by molar-refractivity contribution is 0.0976. The van der Waals surface area contributed by atoms with Crippen LogP contribution in [0.1, 0.15) is 52.5 Å². The second-order valence-corrected chi connectivity index (χ2v) is 8.30. The summed E-state index contributed by atoms with van der Waals surface area (Å²) in [5, 5.41) is 8.63. The van der Waals surface area contributed by atoms with Crippen molar-refractivity contribution in [1.29, 1.82) is 0 Å². The molecule has 0 aliphatic carbocycles. The number of amides is 2.